The molecule has 1 amide bonds. The maximum atomic E-state index is 14.5. The number of carbonyl (C=O) groups is 1. The van der Waals surface area contributed by atoms with E-state index in [1.165, 1.54) is 18.3 Å². The highest BCUT2D eigenvalue weighted by Gasteiger charge is 2.22. The third-order valence-electron chi connectivity index (χ3n) is 5.21. The van der Waals surface area contributed by atoms with Crippen molar-refractivity contribution in [1.82, 2.24) is 24.8 Å². The lowest BCUT2D eigenvalue weighted by molar-refractivity contribution is 0.0300. The van der Waals surface area contributed by atoms with Crippen molar-refractivity contribution in [2.75, 3.05) is 32.0 Å². The summed E-state index contributed by atoms with van der Waals surface area (Å²) in [5.41, 5.74) is 9.08. The topological polar surface area (TPSA) is 110 Å². The predicted molar refractivity (Wildman–Crippen MR) is 120 cm³/mol. The number of hydrogen-bond donors (Lipinski definition) is 2. The standard InChI is InChI=1S/C22H19FN6O2.3H2/c23-15-6-5-13(11-14(15)22(30)29-7-9-31-10-8-29)18-12-25-20(24)19(26-18)21-27-16-3-1-2-4-17(16)28-21;;;/h1-6,11-12H,7-10H2,(H2,24,25)(H,27,28);3*1H. The van der Waals surface area contributed by atoms with Crippen LogP contribution >= 0.6 is 0 Å². The number of halogens is 1. The monoisotopic (exact) mass is 424 g/mol. The number of aromatic nitrogens is 4. The highest BCUT2D eigenvalue weighted by molar-refractivity contribution is 5.95. The smallest absolute Gasteiger partial charge is 0.257 e. The third-order valence-corrected chi connectivity index (χ3v) is 5.21. The molecule has 162 valence electrons. The van der Waals surface area contributed by atoms with Gasteiger partial charge in [-0.05, 0) is 30.3 Å². The predicted octanol–water partition coefficient (Wildman–Crippen LogP) is 3.62. The normalized spacial score (nSPS) is 14.2. The molecule has 0 aliphatic carbocycles. The molecule has 1 aliphatic rings. The zero-order valence-corrected chi connectivity index (χ0v) is 16.5. The van der Waals surface area contributed by atoms with Crippen molar-refractivity contribution < 1.29 is 18.2 Å². The number of fused-ring (bicyclic) bond motifs is 1. The highest BCUT2D eigenvalue weighted by Crippen LogP contribution is 2.27. The van der Waals surface area contributed by atoms with Gasteiger partial charge in [-0.3, -0.25) is 4.79 Å². The number of benzene rings is 2. The molecule has 0 spiro atoms. The molecule has 1 fully saturated rings. The fourth-order valence-corrected chi connectivity index (χ4v) is 3.56. The molecule has 8 nitrogen and oxygen atoms in total. The van der Waals surface area contributed by atoms with Gasteiger partial charge >= 0.3 is 0 Å². The van der Waals surface area contributed by atoms with Crippen LogP contribution in [-0.4, -0.2) is 57.0 Å². The maximum Gasteiger partial charge on any atom is 0.257 e. The van der Waals surface area contributed by atoms with Crippen molar-refractivity contribution in [3.05, 3.63) is 60.0 Å². The van der Waals surface area contributed by atoms with Crippen LogP contribution in [0.2, 0.25) is 0 Å². The molecule has 2 aromatic heterocycles. The molecule has 0 unspecified atom stereocenters. The van der Waals surface area contributed by atoms with Gasteiger partial charge in [-0.25, -0.2) is 19.3 Å². The van der Waals surface area contributed by atoms with Crippen LogP contribution in [0, 0.1) is 5.82 Å². The lowest BCUT2D eigenvalue weighted by atomic mass is 10.1. The van der Waals surface area contributed by atoms with E-state index in [2.05, 4.69) is 19.9 Å². The number of morpholine rings is 1. The summed E-state index contributed by atoms with van der Waals surface area (Å²) in [5, 5.41) is 0. The highest BCUT2D eigenvalue weighted by atomic mass is 19.1. The quantitative estimate of drug-likeness (QED) is 0.520. The number of nitrogens with two attached hydrogens (primary N) is 1. The van der Waals surface area contributed by atoms with Gasteiger partial charge in [0, 0.05) is 22.9 Å². The Hall–Kier alpha value is -3.85. The summed E-state index contributed by atoms with van der Waals surface area (Å²) in [6, 6.07) is 11.9. The first-order valence-corrected chi connectivity index (χ1v) is 9.85. The second-order valence-electron chi connectivity index (χ2n) is 7.19. The minimum absolute atomic E-state index is 0. The van der Waals surface area contributed by atoms with Gasteiger partial charge in [-0.15, -0.1) is 0 Å². The summed E-state index contributed by atoms with van der Waals surface area (Å²) in [5.74, 6) is -0.251. The Morgan fingerprint density at radius 2 is 1.97 bits per heavy atom. The van der Waals surface area contributed by atoms with Crippen LogP contribution in [-0.2, 0) is 4.74 Å². The lowest BCUT2D eigenvalue weighted by Crippen LogP contribution is -2.41. The van der Waals surface area contributed by atoms with E-state index in [1.54, 1.807) is 11.0 Å². The summed E-state index contributed by atoms with van der Waals surface area (Å²) in [6.07, 6.45) is 1.50. The Morgan fingerprint density at radius 3 is 2.77 bits per heavy atom. The summed E-state index contributed by atoms with van der Waals surface area (Å²) in [4.78, 5) is 30.9. The molecule has 0 saturated carbocycles. The van der Waals surface area contributed by atoms with E-state index in [0.717, 1.165) is 11.0 Å². The van der Waals surface area contributed by atoms with E-state index in [-0.39, 0.29) is 21.6 Å². The van der Waals surface area contributed by atoms with Gasteiger partial charge in [0.2, 0.25) is 0 Å². The summed E-state index contributed by atoms with van der Waals surface area (Å²) in [6.45, 7) is 1.75. The molecule has 9 heteroatoms. The Kier molecular flexibility index (Phi) is 4.79. The number of imidazole rings is 1. The van der Waals surface area contributed by atoms with Crippen LogP contribution in [0.15, 0.2) is 48.7 Å². The first-order chi connectivity index (χ1) is 15.1. The molecule has 0 bridgehead atoms. The van der Waals surface area contributed by atoms with Crippen molar-refractivity contribution in [1.29, 1.82) is 0 Å². The number of para-hydroxylation sites is 2. The molecule has 1 saturated heterocycles. The van der Waals surface area contributed by atoms with Gasteiger partial charge < -0.3 is 20.4 Å². The minimum Gasteiger partial charge on any atom is -0.382 e. The number of rotatable bonds is 3. The zero-order valence-electron chi connectivity index (χ0n) is 16.5. The van der Waals surface area contributed by atoms with Gasteiger partial charge in [0.25, 0.3) is 5.91 Å². The fraction of sp³-hybridized carbons (Fsp3) is 0.182. The molecule has 5 rings (SSSR count). The van der Waals surface area contributed by atoms with Gasteiger partial charge in [0.15, 0.2) is 11.6 Å². The second-order valence-corrected chi connectivity index (χ2v) is 7.19. The van der Waals surface area contributed by atoms with Crippen LogP contribution in [0.1, 0.15) is 14.6 Å². The number of carbonyl (C=O) groups excluding carboxylic acids is 1. The van der Waals surface area contributed by atoms with Crippen molar-refractivity contribution in [2.24, 2.45) is 0 Å². The van der Waals surface area contributed by atoms with Gasteiger partial charge in [0.1, 0.15) is 11.5 Å². The van der Waals surface area contributed by atoms with E-state index >= 15 is 0 Å². The molecular formula is C22H25FN6O2. The molecule has 4 aromatic rings. The molecule has 0 atom stereocenters. The zero-order chi connectivity index (χ0) is 21.4. The maximum absolute atomic E-state index is 14.5. The van der Waals surface area contributed by atoms with Gasteiger partial charge in [-0.1, -0.05) is 12.1 Å². The summed E-state index contributed by atoms with van der Waals surface area (Å²) >= 11 is 0. The molecule has 3 N–H and O–H groups in total. The average Bonchev–Trinajstić information content (AvgIpc) is 3.24. The van der Waals surface area contributed by atoms with Crippen LogP contribution in [0.5, 0.6) is 0 Å². The van der Waals surface area contributed by atoms with Crippen LogP contribution in [0.25, 0.3) is 33.8 Å². The number of H-pyrrole nitrogens is 1. The summed E-state index contributed by atoms with van der Waals surface area (Å²) < 4.78 is 19.7. The SMILES string of the molecule is Nc1ncc(-c2ccc(F)c(C(=O)N3CCOCC3)c2)nc1-c1nc2ccccc2[nH]1.[HH].[HH].[HH]. The first kappa shape index (κ1) is 19.1. The van der Waals surface area contributed by atoms with Crippen molar-refractivity contribution in [2.45, 2.75) is 0 Å². The number of nitrogens with zero attached hydrogens (tertiary/aromatic N) is 4. The first-order valence-electron chi connectivity index (χ1n) is 9.85. The van der Waals surface area contributed by atoms with E-state index in [4.69, 9.17) is 10.5 Å². The van der Waals surface area contributed by atoms with Gasteiger partial charge in [0.05, 0.1) is 41.7 Å². The Balaban J connectivity index is 0.00000136. The van der Waals surface area contributed by atoms with E-state index in [1.807, 2.05) is 24.3 Å². The van der Waals surface area contributed by atoms with Crippen molar-refractivity contribution in [3.63, 3.8) is 0 Å². The third kappa shape index (κ3) is 3.59. The molecule has 2 aromatic carbocycles. The van der Waals surface area contributed by atoms with Crippen LogP contribution in [0.3, 0.4) is 0 Å². The number of anilines is 1. The van der Waals surface area contributed by atoms with Crippen LogP contribution < -0.4 is 5.73 Å². The van der Waals surface area contributed by atoms with Crippen molar-refractivity contribution >= 4 is 22.8 Å². The molecule has 1 aliphatic heterocycles. The molecule has 0 radical (unpaired) electrons. The summed E-state index contributed by atoms with van der Waals surface area (Å²) in [7, 11) is 0. The fourth-order valence-electron chi connectivity index (χ4n) is 3.56. The Bertz CT molecular complexity index is 1260. The van der Waals surface area contributed by atoms with E-state index < -0.39 is 5.82 Å². The lowest BCUT2D eigenvalue weighted by Gasteiger charge is -2.27. The van der Waals surface area contributed by atoms with E-state index in [9.17, 15) is 9.18 Å². The molecule has 3 heterocycles. The largest absolute Gasteiger partial charge is 0.382 e. The Morgan fingerprint density at radius 1 is 1.16 bits per heavy atom. The number of nitrogen functional groups attached to an aromatic ring is 1. The number of nitrogens with one attached hydrogen (secondary N) is 1. The second kappa shape index (κ2) is 7.77. The number of aromatic amines is 1. The average molecular weight is 424 g/mol. The minimum atomic E-state index is -0.582. The van der Waals surface area contributed by atoms with Crippen LogP contribution in [0.4, 0.5) is 10.2 Å². The van der Waals surface area contributed by atoms with Crippen molar-refractivity contribution in [3.8, 4) is 22.8 Å². The number of ether oxygens (including phenoxy) is 1. The Labute approximate surface area is 181 Å². The molecule has 31 heavy (non-hydrogen) atoms. The molecular weight excluding hydrogens is 399 g/mol. The van der Waals surface area contributed by atoms with Gasteiger partial charge in [-0.2, -0.15) is 0 Å². The number of hydrogen-bond acceptors (Lipinski definition) is 6. The van der Waals surface area contributed by atoms with E-state index in [0.29, 0.717) is 49.1 Å². The number of amides is 1.